The van der Waals surface area contributed by atoms with E-state index in [0.29, 0.717) is 19.0 Å². The van der Waals surface area contributed by atoms with Crippen LogP contribution in [-0.2, 0) is 0 Å². The molecule has 0 spiro atoms. The van der Waals surface area contributed by atoms with Gasteiger partial charge in [0.15, 0.2) is 0 Å². The summed E-state index contributed by atoms with van der Waals surface area (Å²) in [4.78, 5) is 13.5. The van der Waals surface area contributed by atoms with Gasteiger partial charge in [0, 0.05) is 13.6 Å². The topological polar surface area (TPSA) is 61.8 Å². The zero-order valence-corrected chi connectivity index (χ0v) is 13.6. The molecule has 1 aliphatic rings. The second-order valence-corrected chi connectivity index (χ2v) is 6.21. The quantitative estimate of drug-likeness (QED) is 0.811. The number of nitrogens with zero attached hydrogens (tertiary/aromatic N) is 1. The number of aryl methyl sites for hydroxylation is 1. The predicted octanol–water partition coefficient (Wildman–Crippen LogP) is 2.17. The lowest BCUT2D eigenvalue weighted by atomic mass is 10.2. The molecule has 0 aliphatic heterocycles. The number of urea groups is 1. The predicted molar refractivity (Wildman–Crippen MR) is 86.0 cm³/mol. The smallest absolute Gasteiger partial charge is 0.317 e. The average molecular weight is 306 g/mol. The fourth-order valence-electron chi connectivity index (χ4n) is 2.25. The highest BCUT2D eigenvalue weighted by atomic mass is 16.5. The lowest BCUT2D eigenvalue weighted by Crippen LogP contribution is -2.44. The Morgan fingerprint density at radius 3 is 2.64 bits per heavy atom. The van der Waals surface area contributed by atoms with Crippen LogP contribution >= 0.6 is 0 Å². The van der Waals surface area contributed by atoms with Crippen LogP contribution in [0.2, 0.25) is 0 Å². The van der Waals surface area contributed by atoms with Crippen molar-refractivity contribution >= 4 is 6.03 Å². The van der Waals surface area contributed by atoms with Crippen molar-refractivity contribution in [2.45, 2.75) is 38.9 Å². The van der Waals surface area contributed by atoms with Crippen LogP contribution in [-0.4, -0.2) is 48.4 Å². The first-order chi connectivity index (χ1) is 10.5. The number of rotatable bonds is 7. The molecule has 0 radical (unpaired) electrons. The summed E-state index contributed by atoms with van der Waals surface area (Å²) in [7, 11) is 1.70. The number of benzene rings is 1. The van der Waals surface area contributed by atoms with Gasteiger partial charge in [-0.25, -0.2) is 4.79 Å². The van der Waals surface area contributed by atoms with Gasteiger partial charge in [-0.1, -0.05) is 17.7 Å². The molecule has 2 N–H and O–H groups in total. The highest BCUT2D eigenvalue weighted by Gasteiger charge is 2.31. The lowest BCUT2D eigenvalue weighted by molar-refractivity contribution is 0.112. The van der Waals surface area contributed by atoms with Crippen molar-refractivity contribution in [1.82, 2.24) is 10.2 Å². The first-order valence-corrected chi connectivity index (χ1v) is 7.86. The molecule has 22 heavy (non-hydrogen) atoms. The van der Waals surface area contributed by atoms with Crippen molar-refractivity contribution in [1.29, 1.82) is 0 Å². The second kappa shape index (κ2) is 7.49. The first-order valence-electron chi connectivity index (χ1n) is 7.86. The van der Waals surface area contributed by atoms with E-state index >= 15 is 0 Å². The fourth-order valence-corrected chi connectivity index (χ4v) is 2.25. The molecule has 1 fully saturated rings. The van der Waals surface area contributed by atoms with E-state index in [4.69, 9.17) is 4.74 Å². The van der Waals surface area contributed by atoms with Gasteiger partial charge in [-0.05, 0) is 44.7 Å². The minimum atomic E-state index is -0.406. The number of aliphatic hydroxyl groups excluding tert-OH is 1. The summed E-state index contributed by atoms with van der Waals surface area (Å²) in [5.74, 6) is 1.17. The van der Waals surface area contributed by atoms with Gasteiger partial charge >= 0.3 is 6.03 Å². The van der Waals surface area contributed by atoms with Gasteiger partial charge in [-0.15, -0.1) is 0 Å². The van der Waals surface area contributed by atoms with E-state index in [-0.39, 0.29) is 12.1 Å². The van der Waals surface area contributed by atoms with Crippen molar-refractivity contribution in [3.8, 4) is 5.75 Å². The summed E-state index contributed by atoms with van der Waals surface area (Å²) in [5, 5.41) is 12.7. The molecule has 1 aliphatic carbocycles. The monoisotopic (exact) mass is 306 g/mol. The maximum absolute atomic E-state index is 12.0. The van der Waals surface area contributed by atoms with Gasteiger partial charge < -0.3 is 20.1 Å². The zero-order valence-electron chi connectivity index (χ0n) is 13.6. The molecule has 2 atom stereocenters. The van der Waals surface area contributed by atoms with Crippen LogP contribution < -0.4 is 10.1 Å². The van der Waals surface area contributed by atoms with Crippen LogP contribution in [0.5, 0.6) is 5.75 Å². The summed E-state index contributed by atoms with van der Waals surface area (Å²) in [6.07, 6.45) is 1.61. The van der Waals surface area contributed by atoms with E-state index in [2.05, 4.69) is 5.32 Å². The Morgan fingerprint density at radius 2 is 2.05 bits per heavy atom. The molecule has 5 nitrogen and oxygen atoms in total. The lowest BCUT2D eigenvalue weighted by Gasteiger charge is -2.22. The van der Waals surface area contributed by atoms with Crippen molar-refractivity contribution in [2.75, 3.05) is 20.1 Å². The SMILES string of the molecule is Cc1ccc(OC(C)CNC(=O)N(C)CC(O)C2CC2)cc1. The van der Waals surface area contributed by atoms with E-state index in [1.165, 1.54) is 10.5 Å². The minimum absolute atomic E-state index is 0.117. The highest BCUT2D eigenvalue weighted by Crippen LogP contribution is 2.32. The van der Waals surface area contributed by atoms with Crippen LogP contribution in [0.25, 0.3) is 0 Å². The van der Waals surface area contributed by atoms with E-state index in [0.717, 1.165) is 18.6 Å². The molecular weight excluding hydrogens is 280 g/mol. The van der Waals surface area contributed by atoms with Crippen LogP contribution in [0.4, 0.5) is 4.79 Å². The van der Waals surface area contributed by atoms with Gasteiger partial charge in [0.05, 0.1) is 12.6 Å². The number of hydrogen-bond donors (Lipinski definition) is 2. The van der Waals surface area contributed by atoms with Crippen molar-refractivity contribution in [3.05, 3.63) is 29.8 Å². The van der Waals surface area contributed by atoms with E-state index in [1.54, 1.807) is 7.05 Å². The highest BCUT2D eigenvalue weighted by molar-refractivity contribution is 5.73. The number of ether oxygens (including phenoxy) is 1. The standard InChI is InChI=1S/C17H26N2O3/c1-12-4-8-15(9-5-12)22-13(2)10-18-17(21)19(3)11-16(20)14-6-7-14/h4-5,8-9,13-14,16,20H,6-7,10-11H2,1-3H3,(H,18,21). The van der Waals surface area contributed by atoms with Gasteiger partial charge in [0.2, 0.25) is 0 Å². The largest absolute Gasteiger partial charge is 0.489 e. The average Bonchev–Trinajstić information content (AvgIpc) is 3.31. The first kappa shape index (κ1) is 16.6. The number of amides is 2. The molecular formula is C17H26N2O3. The summed E-state index contributed by atoms with van der Waals surface area (Å²) in [6, 6.07) is 7.65. The van der Waals surface area contributed by atoms with Crippen molar-refractivity contribution in [3.63, 3.8) is 0 Å². The zero-order chi connectivity index (χ0) is 16.1. The second-order valence-electron chi connectivity index (χ2n) is 6.21. The third-order valence-corrected chi connectivity index (χ3v) is 3.87. The molecule has 0 aromatic heterocycles. The normalized spacial score (nSPS) is 16.7. The summed E-state index contributed by atoms with van der Waals surface area (Å²) >= 11 is 0. The Balaban J connectivity index is 1.69. The maximum Gasteiger partial charge on any atom is 0.317 e. The summed E-state index contributed by atoms with van der Waals surface area (Å²) < 4.78 is 5.75. The van der Waals surface area contributed by atoms with Crippen LogP contribution in [0.1, 0.15) is 25.3 Å². The van der Waals surface area contributed by atoms with Gasteiger partial charge in [0.1, 0.15) is 11.9 Å². The molecule has 1 aromatic rings. The Hall–Kier alpha value is -1.75. The van der Waals surface area contributed by atoms with Gasteiger partial charge in [-0.2, -0.15) is 0 Å². The van der Waals surface area contributed by atoms with Crippen molar-refractivity contribution in [2.24, 2.45) is 5.92 Å². The van der Waals surface area contributed by atoms with Crippen LogP contribution in [0.3, 0.4) is 0 Å². The maximum atomic E-state index is 12.0. The number of likely N-dealkylation sites (N-methyl/N-ethyl adjacent to an activating group) is 1. The Bertz CT molecular complexity index is 485. The van der Waals surface area contributed by atoms with Gasteiger partial charge in [0.25, 0.3) is 0 Å². The van der Waals surface area contributed by atoms with E-state index in [9.17, 15) is 9.90 Å². The summed E-state index contributed by atoms with van der Waals surface area (Å²) in [5.41, 5.74) is 1.18. The van der Waals surface area contributed by atoms with Crippen LogP contribution in [0, 0.1) is 12.8 Å². The molecule has 2 unspecified atom stereocenters. The van der Waals surface area contributed by atoms with E-state index in [1.807, 2.05) is 38.1 Å². The molecule has 1 aromatic carbocycles. The fraction of sp³-hybridized carbons (Fsp3) is 0.588. The van der Waals surface area contributed by atoms with Crippen LogP contribution in [0.15, 0.2) is 24.3 Å². The molecule has 1 saturated carbocycles. The number of aliphatic hydroxyl groups is 1. The van der Waals surface area contributed by atoms with Crippen molar-refractivity contribution < 1.29 is 14.6 Å². The molecule has 0 bridgehead atoms. The molecule has 0 heterocycles. The summed E-state index contributed by atoms with van der Waals surface area (Å²) in [6.45, 7) is 4.75. The molecule has 2 rings (SSSR count). The number of nitrogens with one attached hydrogen (secondary N) is 1. The minimum Gasteiger partial charge on any atom is -0.489 e. The van der Waals surface area contributed by atoms with Gasteiger partial charge in [-0.3, -0.25) is 0 Å². The molecule has 5 heteroatoms. The molecule has 122 valence electrons. The molecule has 0 saturated heterocycles. The molecule has 2 amide bonds. The number of carbonyl (C=O) groups excluding carboxylic acids is 1. The third kappa shape index (κ3) is 5.22. The Kier molecular flexibility index (Phi) is 5.66. The van der Waals surface area contributed by atoms with E-state index < -0.39 is 6.10 Å². The number of hydrogen-bond acceptors (Lipinski definition) is 3. The Morgan fingerprint density at radius 1 is 1.41 bits per heavy atom. The third-order valence-electron chi connectivity index (χ3n) is 3.87. The number of carbonyl (C=O) groups is 1. The Labute approximate surface area is 132 Å².